The Labute approximate surface area is 151 Å². The van der Waals surface area contributed by atoms with Crippen LogP contribution >= 0.6 is 0 Å². The molecular weight excluding hydrogens is 334 g/mol. The van der Waals surface area contributed by atoms with E-state index >= 15 is 0 Å². The first-order valence-electron chi connectivity index (χ1n) is 8.74. The van der Waals surface area contributed by atoms with Crippen molar-refractivity contribution in [2.75, 3.05) is 0 Å². The number of nitrogens with zero attached hydrogens (tertiary/aromatic N) is 3. The van der Waals surface area contributed by atoms with Crippen molar-refractivity contribution in [2.45, 2.75) is 51.6 Å². The molecule has 138 valence electrons. The van der Waals surface area contributed by atoms with E-state index < -0.39 is 17.9 Å². The second-order valence-corrected chi connectivity index (χ2v) is 7.01. The Morgan fingerprint density at radius 1 is 1.19 bits per heavy atom. The summed E-state index contributed by atoms with van der Waals surface area (Å²) in [6.07, 6.45) is 2.90. The maximum Gasteiger partial charge on any atom is 0.326 e. The SMILES string of the molecule is CC(C)c1ccc(-n2cc(O)c(C(=O)N(C3CC3)C(C)C(=O)O)n2)cc1. The zero-order valence-electron chi connectivity index (χ0n) is 15.1. The molecule has 1 saturated carbocycles. The van der Waals surface area contributed by atoms with E-state index in [1.165, 1.54) is 28.3 Å². The van der Waals surface area contributed by atoms with Crippen LogP contribution in [0.5, 0.6) is 5.75 Å². The van der Waals surface area contributed by atoms with Crippen LogP contribution in [0.4, 0.5) is 0 Å². The van der Waals surface area contributed by atoms with Gasteiger partial charge in [-0.1, -0.05) is 26.0 Å². The number of carbonyl (C=O) groups is 2. The summed E-state index contributed by atoms with van der Waals surface area (Å²) in [5.74, 6) is -1.49. The van der Waals surface area contributed by atoms with Crippen LogP contribution in [0.1, 0.15) is 55.6 Å². The number of carboxylic acid groups (broad SMARTS) is 1. The fraction of sp³-hybridized carbons (Fsp3) is 0.421. The van der Waals surface area contributed by atoms with Gasteiger partial charge in [-0.15, -0.1) is 0 Å². The van der Waals surface area contributed by atoms with Gasteiger partial charge in [0.1, 0.15) is 6.04 Å². The number of aromatic hydroxyl groups is 1. The molecule has 2 N–H and O–H groups in total. The number of aromatic nitrogens is 2. The Balaban J connectivity index is 1.89. The molecule has 1 fully saturated rings. The maximum atomic E-state index is 12.8. The van der Waals surface area contributed by atoms with E-state index in [4.69, 9.17) is 0 Å². The standard InChI is InChI=1S/C19H23N3O4/c1-11(2)13-4-6-14(7-5-13)21-10-16(23)17(20-21)18(24)22(15-8-9-15)12(3)19(25)26/h4-7,10-12,15,23H,8-9H2,1-3H3,(H,25,26). The van der Waals surface area contributed by atoms with Gasteiger partial charge in [0.2, 0.25) is 0 Å². The van der Waals surface area contributed by atoms with Gasteiger partial charge in [-0.05, 0) is 43.4 Å². The van der Waals surface area contributed by atoms with Crippen molar-refractivity contribution in [3.05, 3.63) is 41.7 Å². The normalized spacial score (nSPS) is 15.1. The Kier molecular flexibility index (Phi) is 4.71. The fourth-order valence-corrected chi connectivity index (χ4v) is 2.91. The minimum Gasteiger partial charge on any atom is -0.504 e. The van der Waals surface area contributed by atoms with E-state index in [-0.39, 0.29) is 17.5 Å². The molecule has 7 nitrogen and oxygen atoms in total. The average Bonchev–Trinajstić information content (AvgIpc) is 3.35. The first-order valence-corrected chi connectivity index (χ1v) is 8.74. The zero-order valence-corrected chi connectivity index (χ0v) is 15.1. The molecule has 0 aliphatic heterocycles. The highest BCUT2D eigenvalue weighted by molar-refractivity contribution is 5.97. The van der Waals surface area contributed by atoms with Crippen molar-refractivity contribution in [2.24, 2.45) is 0 Å². The molecule has 1 unspecified atom stereocenters. The third-order valence-electron chi connectivity index (χ3n) is 4.67. The summed E-state index contributed by atoms with van der Waals surface area (Å²) in [5.41, 5.74) is 1.77. The lowest BCUT2D eigenvalue weighted by atomic mass is 10.0. The first kappa shape index (κ1) is 18.0. The lowest BCUT2D eigenvalue weighted by Gasteiger charge is -2.25. The van der Waals surface area contributed by atoms with Crippen molar-refractivity contribution >= 4 is 11.9 Å². The van der Waals surface area contributed by atoms with Gasteiger partial charge in [-0.3, -0.25) is 4.79 Å². The molecule has 1 aromatic heterocycles. The number of rotatable bonds is 6. The van der Waals surface area contributed by atoms with Gasteiger partial charge in [-0.2, -0.15) is 5.10 Å². The van der Waals surface area contributed by atoms with E-state index in [1.54, 1.807) is 0 Å². The van der Waals surface area contributed by atoms with Crippen LogP contribution in [-0.2, 0) is 4.79 Å². The number of hydrogen-bond acceptors (Lipinski definition) is 4. The molecule has 0 radical (unpaired) electrons. The van der Waals surface area contributed by atoms with Crippen molar-refractivity contribution in [3.63, 3.8) is 0 Å². The molecule has 0 saturated heterocycles. The lowest BCUT2D eigenvalue weighted by molar-refractivity contribution is -0.141. The predicted octanol–water partition coefficient (Wildman–Crippen LogP) is 2.78. The molecule has 1 amide bonds. The minimum absolute atomic E-state index is 0.108. The van der Waals surface area contributed by atoms with E-state index in [0.29, 0.717) is 11.6 Å². The van der Waals surface area contributed by atoms with Gasteiger partial charge in [0.15, 0.2) is 11.4 Å². The summed E-state index contributed by atoms with van der Waals surface area (Å²) >= 11 is 0. The van der Waals surface area contributed by atoms with Crippen LogP contribution in [0.2, 0.25) is 0 Å². The van der Waals surface area contributed by atoms with Gasteiger partial charge in [0, 0.05) is 6.04 Å². The van der Waals surface area contributed by atoms with Crippen molar-refractivity contribution < 1.29 is 19.8 Å². The molecule has 0 spiro atoms. The van der Waals surface area contributed by atoms with Crippen molar-refractivity contribution in [3.8, 4) is 11.4 Å². The molecule has 26 heavy (non-hydrogen) atoms. The number of hydrogen-bond donors (Lipinski definition) is 2. The minimum atomic E-state index is -1.08. The van der Waals surface area contributed by atoms with Crippen LogP contribution in [-0.4, -0.2) is 48.9 Å². The average molecular weight is 357 g/mol. The third-order valence-corrected chi connectivity index (χ3v) is 4.67. The molecule has 0 bridgehead atoms. The van der Waals surface area contributed by atoms with E-state index in [1.807, 2.05) is 24.3 Å². The summed E-state index contributed by atoms with van der Waals surface area (Å²) in [6.45, 7) is 5.67. The highest BCUT2D eigenvalue weighted by Gasteiger charge is 2.40. The highest BCUT2D eigenvalue weighted by Crippen LogP contribution is 2.32. The number of carbonyl (C=O) groups excluding carboxylic acids is 1. The van der Waals surface area contributed by atoms with Crippen LogP contribution in [0.25, 0.3) is 5.69 Å². The molecule has 1 atom stereocenters. The quantitative estimate of drug-likeness (QED) is 0.829. The van der Waals surface area contributed by atoms with Crippen LogP contribution in [0.15, 0.2) is 30.5 Å². The first-order chi connectivity index (χ1) is 12.3. The number of amides is 1. The van der Waals surface area contributed by atoms with Gasteiger partial charge >= 0.3 is 5.97 Å². The van der Waals surface area contributed by atoms with Crippen LogP contribution in [0.3, 0.4) is 0 Å². The molecule has 3 rings (SSSR count). The summed E-state index contributed by atoms with van der Waals surface area (Å²) < 4.78 is 1.43. The Morgan fingerprint density at radius 3 is 2.31 bits per heavy atom. The predicted molar refractivity (Wildman–Crippen MR) is 95.6 cm³/mol. The highest BCUT2D eigenvalue weighted by atomic mass is 16.4. The maximum absolute atomic E-state index is 12.8. The third kappa shape index (κ3) is 3.42. The van der Waals surface area contributed by atoms with Gasteiger partial charge in [-0.25, -0.2) is 9.48 Å². The Bertz CT molecular complexity index is 822. The van der Waals surface area contributed by atoms with E-state index in [9.17, 15) is 19.8 Å². The Hall–Kier alpha value is -2.83. The van der Waals surface area contributed by atoms with Crippen LogP contribution < -0.4 is 0 Å². The number of benzene rings is 1. The molecule has 1 aliphatic rings. The number of carboxylic acids is 1. The topological polar surface area (TPSA) is 95.7 Å². The Morgan fingerprint density at radius 2 is 1.81 bits per heavy atom. The van der Waals surface area contributed by atoms with Gasteiger partial charge < -0.3 is 15.1 Å². The van der Waals surface area contributed by atoms with Gasteiger partial charge in [0.25, 0.3) is 5.91 Å². The second-order valence-electron chi connectivity index (χ2n) is 7.01. The molecule has 2 aromatic rings. The monoisotopic (exact) mass is 357 g/mol. The molecule has 1 aliphatic carbocycles. The smallest absolute Gasteiger partial charge is 0.326 e. The van der Waals surface area contributed by atoms with Crippen molar-refractivity contribution in [1.29, 1.82) is 0 Å². The molecule has 7 heteroatoms. The zero-order chi connectivity index (χ0) is 19.0. The molecular formula is C19H23N3O4. The van der Waals surface area contributed by atoms with Gasteiger partial charge in [0.05, 0.1) is 11.9 Å². The number of aliphatic carboxylic acids is 1. The largest absolute Gasteiger partial charge is 0.504 e. The summed E-state index contributed by atoms with van der Waals surface area (Å²) in [5, 5.41) is 23.7. The molecule has 1 heterocycles. The second kappa shape index (κ2) is 6.82. The van der Waals surface area contributed by atoms with E-state index in [0.717, 1.165) is 12.8 Å². The van der Waals surface area contributed by atoms with Crippen molar-refractivity contribution in [1.82, 2.24) is 14.7 Å². The summed E-state index contributed by atoms with van der Waals surface area (Å²) in [6, 6.07) is 6.61. The fourth-order valence-electron chi connectivity index (χ4n) is 2.91. The van der Waals surface area contributed by atoms with E-state index in [2.05, 4.69) is 18.9 Å². The van der Waals surface area contributed by atoms with Crippen LogP contribution in [0, 0.1) is 0 Å². The summed E-state index contributed by atoms with van der Waals surface area (Å²) in [7, 11) is 0. The molecule has 1 aromatic carbocycles. The lowest BCUT2D eigenvalue weighted by Crippen LogP contribution is -2.44. The summed E-state index contributed by atoms with van der Waals surface area (Å²) in [4.78, 5) is 25.4.